The van der Waals surface area contributed by atoms with Gasteiger partial charge in [-0.2, -0.15) is 0 Å². The summed E-state index contributed by atoms with van der Waals surface area (Å²) in [6, 6.07) is 12.9. The second-order valence-electron chi connectivity index (χ2n) is 4.11. The molecule has 0 aliphatic heterocycles. The van der Waals surface area contributed by atoms with Crippen LogP contribution < -0.4 is 5.73 Å². The Balaban J connectivity index is 0.000000219. The van der Waals surface area contributed by atoms with Crippen LogP contribution in [0.2, 0.25) is 0 Å². The van der Waals surface area contributed by atoms with E-state index in [1.54, 1.807) is 6.07 Å². The van der Waals surface area contributed by atoms with Crippen molar-refractivity contribution in [1.82, 2.24) is 4.98 Å². The van der Waals surface area contributed by atoms with Crippen molar-refractivity contribution >= 4 is 17.1 Å². The molecule has 0 saturated carbocycles. The molecule has 2 rings (SSSR count). The van der Waals surface area contributed by atoms with Crippen LogP contribution in [0.25, 0.3) is 0 Å². The number of nitrogens with two attached hydrogens (primary N) is 1. The fourth-order valence-electron chi connectivity index (χ4n) is 1.45. The number of carboxylic acids is 1. The molecule has 6 heteroatoms. The van der Waals surface area contributed by atoms with E-state index in [2.05, 4.69) is 4.98 Å². The molecular formula is C15H18N2O3S. The monoisotopic (exact) mass is 306 g/mol. The lowest BCUT2D eigenvalue weighted by Gasteiger charge is -2.08. The number of benzene rings is 1. The van der Waals surface area contributed by atoms with Crippen molar-refractivity contribution in [3.8, 4) is 0 Å². The summed E-state index contributed by atoms with van der Waals surface area (Å²) in [6.07, 6.45) is 2.84. The smallest absolute Gasteiger partial charge is 0.337 e. The van der Waals surface area contributed by atoms with E-state index in [1.807, 2.05) is 30.3 Å². The highest BCUT2D eigenvalue weighted by molar-refractivity contribution is 7.90. The summed E-state index contributed by atoms with van der Waals surface area (Å²) < 4.78 is 11.2. The zero-order valence-electron chi connectivity index (χ0n) is 11.5. The molecule has 3 N–H and O–H groups in total. The lowest BCUT2D eigenvalue weighted by molar-refractivity contribution is 0.0696. The van der Waals surface area contributed by atoms with Gasteiger partial charge in [0.15, 0.2) is 0 Å². The SMILES string of the molecule is NCC[S+]([O-])Cc1ccccc1.O=C(O)c1cccnc1. The maximum atomic E-state index is 11.2. The van der Waals surface area contributed by atoms with Crippen LogP contribution in [0.3, 0.4) is 0 Å². The van der Waals surface area contributed by atoms with Gasteiger partial charge in [0.2, 0.25) is 0 Å². The lowest BCUT2D eigenvalue weighted by Crippen LogP contribution is -2.17. The predicted molar refractivity (Wildman–Crippen MR) is 83.4 cm³/mol. The Morgan fingerprint density at radius 3 is 2.43 bits per heavy atom. The van der Waals surface area contributed by atoms with Crippen molar-refractivity contribution in [3.05, 3.63) is 66.0 Å². The number of pyridine rings is 1. The average molecular weight is 306 g/mol. The van der Waals surface area contributed by atoms with E-state index < -0.39 is 17.1 Å². The van der Waals surface area contributed by atoms with Crippen LogP contribution in [0.15, 0.2) is 54.9 Å². The molecule has 0 saturated heterocycles. The maximum Gasteiger partial charge on any atom is 0.337 e. The fourth-order valence-corrected chi connectivity index (χ4v) is 2.42. The second kappa shape index (κ2) is 9.93. The Morgan fingerprint density at radius 2 is 1.95 bits per heavy atom. The zero-order chi connectivity index (χ0) is 15.5. The van der Waals surface area contributed by atoms with Crippen LogP contribution in [0, 0.1) is 0 Å². The molecule has 0 aliphatic carbocycles. The first kappa shape index (κ1) is 17.2. The zero-order valence-corrected chi connectivity index (χ0v) is 12.3. The van der Waals surface area contributed by atoms with Crippen molar-refractivity contribution in [2.24, 2.45) is 5.73 Å². The summed E-state index contributed by atoms with van der Waals surface area (Å²) in [5.74, 6) is 0.274. The Kier molecular flexibility index (Phi) is 8.11. The molecule has 1 atom stereocenters. The summed E-state index contributed by atoms with van der Waals surface area (Å²) in [5.41, 5.74) is 6.63. The number of aromatic nitrogens is 1. The topological polar surface area (TPSA) is 99.3 Å². The number of carbonyl (C=O) groups is 1. The van der Waals surface area contributed by atoms with Crippen LogP contribution >= 0.6 is 0 Å². The molecular weight excluding hydrogens is 288 g/mol. The van der Waals surface area contributed by atoms with Gasteiger partial charge in [0.25, 0.3) is 0 Å². The maximum absolute atomic E-state index is 11.2. The average Bonchev–Trinajstić information content (AvgIpc) is 2.50. The molecule has 1 aromatic carbocycles. The lowest BCUT2D eigenvalue weighted by atomic mass is 10.2. The minimum Gasteiger partial charge on any atom is -0.616 e. The molecule has 21 heavy (non-hydrogen) atoms. The van der Waals surface area contributed by atoms with Gasteiger partial charge in [0.1, 0.15) is 11.5 Å². The van der Waals surface area contributed by atoms with Gasteiger partial charge in [-0.3, -0.25) is 4.98 Å². The molecule has 0 aliphatic rings. The molecule has 1 aromatic heterocycles. The minimum atomic E-state index is -0.942. The van der Waals surface area contributed by atoms with Crippen LogP contribution in [-0.4, -0.2) is 32.9 Å². The van der Waals surface area contributed by atoms with E-state index >= 15 is 0 Å². The molecule has 0 radical (unpaired) electrons. The second-order valence-corrected chi connectivity index (χ2v) is 5.69. The van der Waals surface area contributed by atoms with Crippen molar-refractivity contribution in [2.45, 2.75) is 5.75 Å². The number of rotatable bonds is 5. The van der Waals surface area contributed by atoms with E-state index in [4.69, 9.17) is 10.8 Å². The molecule has 2 aromatic rings. The van der Waals surface area contributed by atoms with Gasteiger partial charge in [0.05, 0.1) is 5.56 Å². The van der Waals surface area contributed by atoms with Gasteiger partial charge in [-0.05, 0) is 23.3 Å². The van der Waals surface area contributed by atoms with Gasteiger partial charge in [-0.1, -0.05) is 30.3 Å². The van der Waals surface area contributed by atoms with Crippen LogP contribution in [0.1, 0.15) is 15.9 Å². The number of hydrogen-bond donors (Lipinski definition) is 2. The highest BCUT2D eigenvalue weighted by atomic mass is 32.2. The third-order valence-electron chi connectivity index (χ3n) is 2.42. The summed E-state index contributed by atoms with van der Waals surface area (Å²) in [5, 5.41) is 8.34. The van der Waals surface area contributed by atoms with Gasteiger partial charge in [-0.25, -0.2) is 4.79 Å². The predicted octanol–water partition coefficient (Wildman–Crippen LogP) is 1.67. The quantitative estimate of drug-likeness (QED) is 0.819. The van der Waals surface area contributed by atoms with Gasteiger partial charge >= 0.3 is 5.97 Å². The summed E-state index contributed by atoms with van der Waals surface area (Å²) in [6.45, 7) is 0.499. The van der Waals surface area contributed by atoms with Gasteiger partial charge in [-0.15, -0.1) is 0 Å². The first-order chi connectivity index (χ1) is 10.1. The van der Waals surface area contributed by atoms with E-state index in [0.29, 0.717) is 18.1 Å². The summed E-state index contributed by atoms with van der Waals surface area (Å²) in [4.78, 5) is 13.8. The van der Waals surface area contributed by atoms with Crippen LogP contribution in [-0.2, 0) is 16.9 Å². The highest BCUT2D eigenvalue weighted by Gasteiger charge is 2.04. The Morgan fingerprint density at radius 1 is 1.24 bits per heavy atom. The van der Waals surface area contributed by atoms with Crippen LogP contribution in [0.5, 0.6) is 0 Å². The van der Waals surface area contributed by atoms with Gasteiger partial charge in [0, 0.05) is 24.5 Å². The molecule has 1 heterocycles. The van der Waals surface area contributed by atoms with Gasteiger partial charge < -0.3 is 15.4 Å². The van der Waals surface area contributed by atoms with Crippen molar-refractivity contribution < 1.29 is 14.5 Å². The van der Waals surface area contributed by atoms with Crippen LogP contribution in [0.4, 0.5) is 0 Å². The molecule has 0 spiro atoms. The Hall–Kier alpha value is -1.89. The first-order valence-corrected chi connectivity index (χ1v) is 7.84. The molecule has 1 unspecified atom stereocenters. The Labute approximate surface area is 127 Å². The minimum absolute atomic E-state index is 0.220. The highest BCUT2D eigenvalue weighted by Crippen LogP contribution is 2.05. The number of nitrogens with zero attached hydrogens (tertiary/aromatic N) is 1. The standard InChI is InChI=1S/C9H13NOS.C6H5NO2/c10-6-7-12(11)8-9-4-2-1-3-5-9;8-6(9)5-2-1-3-7-4-5/h1-5H,6-8,10H2;1-4H,(H,8,9). The molecule has 0 amide bonds. The van der Waals surface area contributed by atoms with E-state index in [1.165, 1.54) is 18.5 Å². The molecule has 0 bridgehead atoms. The van der Waals surface area contributed by atoms with E-state index in [0.717, 1.165) is 5.56 Å². The van der Waals surface area contributed by atoms with Crippen molar-refractivity contribution in [3.63, 3.8) is 0 Å². The first-order valence-electron chi connectivity index (χ1n) is 6.35. The third-order valence-corrected chi connectivity index (χ3v) is 3.77. The molecule has 0 fully saturated rings. The number of hydrogen-bond acceptors (Lipinski definition) is 4. The normalized spacial score (nSPS) is 11.1. The summed E-state index contributed by atoms with van der Waals surface area (Å²) in [7, 11) is 0. The number of carboxylic acid groups (broad SMARTS) is 1. The molecule has 112 valence electrons. The number of aromatic carboxylic acids is 1. The van der Waals surface area contributed by atoms with Crippen molar-refractivity contribution in [2.75, 3.05) is 12.3 Å². The van der Waals surface area contributed by atoms with Crippen molar-refractivity contribution in [1.29, 1.82) is 0 Å². The third kappa shape index (κ3) is 7.45. The molecule has 5 nitrogen and oxygen atoms in total. The Bertz CT molecular complexity index is 523. The largest absolute Gasteiger partial charge is 0.616 e. The summed E-state index contributed by atoms with van der Waals surface area (Å²) >= 11 is -0.796. The van der Waals surface area contributed by atoms with E-state index in [9.17, 15) is 9.35 Å². The van der Waals surface area contributed by atoms with E-state index in [-0.39, 0.29) is 5.56 Å². The fraction of sp³-hybridized carbons (Fsp3) is 0.200.